The summed E-state index contributed by atoms with van der Waals surface area (Å²) in [5.74, 6) is 0.678. The molecular formula is C18H26IN5OS. The smallest absolute Gasteiger partial charge is 0.241 e. The standard InChI is InChI=1S/C18H25N5OS.HI/c1-3-19-18(21-12-15-8-11-25-14-15)22-13-17(24)23(2)10-7-16-6-4-5-9-20-16;/h4-6,8-9,11,14H,3,7,10,12-13H2,1-2H3,(H2,19,21,22);1H. The lowest BCUT2D eigenvalue weighted by Crippen LogP contribution is -2.44. The van der Waals surface area contributed by atoms with Gasteiger partial charge in [0.2, 0.25) is 5.91 Å². The summed E-state index contributed by atoms with van der Waals surface area (Å²) in [5, 5.41) is 10.4. The van der Waals surface area contributed by atoms with Gasteiger partial charge < -0.3 is 15.5 Å². The van der Waals surface area contributed by atoms with Crippen LogP contribution in [0.1, 0.15) is 18.2 Å². The molecule has 0 fully saturated rings. The zero-order valence-corrected chi connectivity index (χ0v) is 18.3. The lowest BCUT2D eigenvalue weighted by atomic mass is 10.2. The van der Waals surface area contributed by atoms with Gasteiger partial charge in [0.05, 0.1) is 13.1 Å². The van der Waals surface area contributed by atoms with E-state index in [1.54, 1.807) is 22.4 Å². The van der Waals surface area contributed by atoms with Gasteiger partial charge in [-0.3, -0.25) is 9.78 Å². The van der Waals surface area contributed by atoms with Gasteiger partial charge in [0.15, 0.2) is 5.96 Å². The van der Waals surface area contributed by atoms with Gasteiger partial charge >= 0.3 is 0 Å². The zero-order valence-electron chi connectivity index (χ0n) is 15.1. The minimum atomic E-state index is 0. The summed E-state index contributed by atoms with van der Waals surface area (Å²) < 4.78 is 0. The molecule has 0 spiro atoms. The lowest BCUT2D eigenvalue weighted by Gasteiger charge is -2.18. The maximum Gasteiger partial charge on any atom is 0.241 e. The van der Waals surface area contributed by atoms with Crippen LogP contribution in [0, 0.1) is 0 Å². The first-order chi connectivity index (χ1) is 12.2. The Morgan fingerprint density at radius 2 is 2.15 bits per heavy atom. The monoisotopic (exact) mass is 487 g/mol. The van der Waals surface area contributed by atoms with Crippen molar-refractivity contribution in [2.45, 2.75) is 19.9 Å². The van der Waals surface area contributed by atoms with E-state index in [1.165, 1.54) is 5.56 Å². The third-order valence-corrected chi connectivity index (χ3v) is 4.34. The maximum absolute atomic E-state index is 12.3. The van der Waals surface area contributed by atoms with Crippen molar-refractivity contribution in [3.05, 3.63) is 52.5 Å². The van der Waals surface area contributed by atoms with E-state index in [-0.39, 0.29) is 36.4 Å². The lowest BCUT2D eigenvalue weighted by molar-refractivity contribution is -0.128. The van der Waals surface area contributed by atoms with Crippen molar-refractivity contribution in [2.75, 3.05) is 26.7 Å². The molecule has 0 bridgehead atoms. The number of likely N-dealkylation sites (N-methyl/N-ethyl adjacent to an activating group) is 1. The summed E-state index contributed by atoms with van der Waals surface area (Å²) in [5.41, 5.74) is 2.15. The number of guanidine groups is 1. The van der Waals surface area contributed by atoms with E-state index in [9.17, 15) is 4.79 Å². The van der Waals surface area contributed by atoms with Crippen molar-refractivity contribution in [1.29, 1.82) is 0 Å². The van der Waals surface area contributed by atoms with E-state index in [4.69, 9.17) is 0 Å². The predicted octanol–water partition coefficient (Wildman–Crippen LogP) is 2.52. The first kappa shape index (κ1) is 22.4. The molecule has 0 aliphatic heterocycles. The number of carbonyl (C=O) groups is 1. The quantitative estimate of drug-likeness (QED) is 0.341. The Labute approximate surface area is 176 Å². The molecule has 0 aliphatic rings. The van der Waals surface area contributed by atoms with Crippen LogP contribution >= 0.6 is 35.3 Å². The van der Waals surface area contributed by atoms with Crippen molar-refractivity contribution in [1.82, 2.24) is 20.5 Å². The van der Waals surface area contributed by atoms with Crippen molar-refractivity contribution < 1.29 is 4.79 Å². The Bertz CT molecular complexity index is 663. The first-order valence-corrected chi connectivity index (χ1v) is 9.30. The van der Waals surface area contributed by atoms with E-state index in [2.05, 4.69) is 26.0 Å². The van der Waals surface area contributed by atoms with Gasteiger partial charge in [0.1, 0.15) is 0 Å². The van der Waals surface area contributed by atoms with E-state index in [0.717, 1.165) is 18.7 Å². The van der Waals surface area contributed by atoms with Gasteiger partial charge in [-0.1, -0.05) is 6.07 Å². The van der Waals surface area contributed by atoms with Crippen molar-refractivity contribution in [2.24, 2.45) is 4.99 Å². The molecule has 0 saturated carbocycles. The number of aromatic nitrogens is 1. The summed E-state index contributed by atoms with van der Waals surface area (Å²) in [6.45, 7) is 4.21. The predicted molar refractivity (Wildman–Crippen MR) is 118 cm³/mol. The van der Waals surface area contributed by atoms with Gasteiger partial charge in [0, 0.05) is 38.4 Å². The Morgan fingerprint density at radius 3 is 2.81 bits per heavy atom. The summed E-state index contributed by atoms with van der Waals surface area (Å²) >= 11 is 1.65. The average Bonchev–Trinajstić information content (AvgIpc) is 3.16. The van der Waals surface area contributed by atoms with Crippen LogP contribution in [0.4, 0.5) is 0 Å². The number of hydrogen-bond acceptors (Lipinski definition) is 4. The number of rotatable bonds is 8. The Morgan fingerprint density at radius 1 is 1.31 bits per heavy atom. The molecule has 26 heavy (non-hydrogen) atoms. The molecule has 0 unspecified atom stereocenters. The summed E-state index contributed by atoms with van der Waals surface area (Å²) in [4.78, 5) is 22.8. The second-order valence-corrected chi connectivity index (χ2v) is 6.35. The van der Waals surface area contributed by atoms with Crippen LogP contribution < -0.4 is 10.6 Å². The third-order valence-electron chi connectivity index (χ3n) is 3.61. The van der Waals surface area contributed by atoms with Crippen LogP contribution in [0.3, 0.4) is 0 Å². The van der Waals surface area contributed by atoms with Crippen molar-refractivity contribution >= 4 is 47.2 Å². The molecule has 2 heterocycles. The molecule has 2 aromatic rings. The second-order valence-electron chi connectivity index (χ2n) is 5.57. The third kappa shape index (κ3) is 8.13. The molecule has 0 radical (unpaired) electrons. The molecule has 2 aromatic heterocycles. The van der Waals surface area contributed by atoms with E-state index in [0.29, 0.717) is 19.0 Å². The molecular weight excluding hydrogens is 461 g/mol. The van der Waals surface area contributed by atoms with Gasteiger partial charge in [0.25, 0.3) is 0 Å². The van der Waals surface area contributed by atoms with Crippen LogP contribution in [0.25, 0.3) is 0 Å². The molecule has 6 nitrogen and oxygen atoms in total. The molecule has 2 N–H and O–H groups in total. The number of thiophene rings is 1. The highest BCUT2D eigenvalue weighted by molar-refractivity contribution is 14.0. The van der Waals surface area contributed by atoms with Crippen LogP contribution in [0.2, 0.25) is 0 Å². The zero-order chi connectivity index (χ0) is 17.9. The molecule has 0 aromatic carbocycles. The first-order valence-electron chi connectivity index (χ1n) is 8.36. The number of pyridine rings is 1. The van der Waals surface area contributed by atoms with Gasteiger partial charge in [-0.05, 0) is 41.4 Å². The Kier molecular flexibility index (Phi) is 10.9. The molecule has 8 heteroatoms. The molecule has 0 atom stereocenters. The number of nitrogens with zero attached hydrogens (tertiary/aromatic N) is 3. The normalized spacial score (nSPS) is 10.8. The highest BCUT2D eigenvalue weighted by Gasteiger charge is 2.10. The van der Waals surface area contributed by atoms with E-state index >= 15 is 0 Å². The number of nitrogens with one attached hydrogen (secondary N) is 2. The van der Waals surface area contributed by atoms with Crippen molar-refractivity contribution in [3.63, 3.8) is 0 Å². The highest BCUT2D eigenvalue weighted by Crippen LogP contribution is 2.06. The van der Waals surface area contributed by atoms with E-state index in [1.807, 2.05) is 43.6 Å². The fourth-order valence-corrected chi connectivity index (χ4v) is 2.80. The van der Waals surface area contributed by atoms with Gasteiger partial charge in [-0.2, -0.15) is 11.3 Å². The van der Waals surface area contributed by atoms with Crippen molar-refractivity contribution in [3.8, 4) is 0 Å². The SMILES string of the molecule is CCNC(=NCc1ccsc1)NCC(=O)N(C)CCc1ccccn1.I. The fraction of sp³-hybridized carbons (Fsp3) is 0.389. The number of halogens is 1. The molecule has 2 rings (SSSR count). The molecule has 0 saturated heterocycles. The van der Waals surface area contributed by atoms with Crippen LogP contribution in [0.15, 0.2) is 46.2 Å². The second kappa shape index (κ2) is 12.6. The number of carbonyl (C=O) groups excluding carboxylic acids is 1. The Balaban J connectivity index is 0.00000338. The summed E-state index contributed by atoms with van der Waals surface area (Å²) in [7, 11) is 1.81. The van der Waals surface area contributed by atoms with Crippen LogP contribution in [0.5, 0.6) is 0 Å². The maximum atomic E-state index is 12.3. The van der Waals surface area contributed by atoms with Gasteiger partial charge in [-0.15, -0.1) is 24.0 Å². The highest BCUT2D eigenvalue weighted by atomic mass is 127. The topological polar surface area (TPSA) is 69.6 Å². The molecule has 1 amide bonds. The summed E-state index contributed by atoms with van der Waals surface area (Å²) in [6, 6.07) is 7.86. The largest absolute Gasteiger partial charge is 0.357 e. The number of amides is 1. The minimum absolute atomic E-state index is 0. The molecule has 142 valence electrons. The van der Waals surface area contributed by atoms with Crippen LogP contribution in [-0.2, 0) is 17.8 Å². The minimum Gasteiger partial charge on any atom is -0.357 e. The average molecular weight is 487 g/mol. The molecule has 0 aliphatic carbocycles. The number of aliphatic imine (C=N–C) groups is 1. The van der Waals surface area contributed by atoms with Crippen LogP contribution in [-0.4, -0.2) is 48.4 Å². The summed E-state index contributed by atoms with van der Waals surface area (Å²) in [6.07, 6.45) is 2.51. The Hall–Kier alpha value is -1.68. The fourth-order valence-electron chi connectivity index (χ4n) is 2.14. The van der Waals surface area contributed by atoms with Gasteiger partial charge in [-0.25, -0.2) is 4.99 Å². The van der Waals surface area contributed by atoms with E-state index < -0.39 is 0 Å². The number of hydrogen-bond donors (Lipinski definition) is 2.